The molecule has 42 heavy (non-hydrogen) atoms. The first kappa shape index (κ1) is 31.5. The van der Waals surface area contributed by atoms with Crippen LogP contribution in [0.25, 0.3) is 0 Å². The molecule has 4 aromatic carbocycles. The highest BCUT2D eigenvalue weighted by Gasteiger charge is 2.42. The van der Waals surface area contributed by atoms with Crippen molar-refractivity contribution in [2.75, 3.05) is 0 Å². The second-order valence-electron chi connectivity index (χ2n) is 11.4. The van der Waals surface area contributed by atoms with Crippen molar-refractivity contribution in [1.29, 1.82) is 0 Å². The summed E-state index contributed by atoms with van der Waals surface area (Å²) in [4.78, 5) is 14.1. The molecule has 0 aromatic heterocycles. The molecular formula is C34H39NO5S2. The van der Waals surface area contributed by atoms with Gasteiger partial charge in [-0.1, -0.05) is 95.6 Å². The Morgan fingerprint density at radius 2 is 1.12 bits per heavy atom. The van der Waals surface area contributed by atoms with Crippen molar-refractivity contribution >= 4 is 26.1 Å². The van der Waals surface area contributed by atoms with Gasteiger partial charge < -0.3 is 0 Å². The van der Waals surface area contributed by atoms with Gasteiger partial charge in [0.2, 0.25) is 0 Å². The smallest absolute Gasteiger partial charge is 0.258 e. The van der Waals surface area contributed by atoms with Crippen LogP contribution in [0.15, 0.2) is 111 Å². The summed E-state index contributed by atoms with van der Waals surface area (Å²) in [6.07, 6.45) is 0. The standard InChI is InChI=1S/C34H39NO5S2/c1-23(2)30-22-31(24(3)4)34(32(25(5)6)33(30)35(36)37)42(38,39)40-41(27-14-10-8-11-15-27,28-16-12-9-13-17-28)29-20-18-26(7)19-21-29/h8-25H,1-7H3. The summed E-state index contributed by atoms with van der Waals surface area (Å²) >= 11 is 0. The highest BCUT2D eigenvalue weighted by atomic mass is 32.3. The number of nitrogens with zero attached hydrogens (tertiary/aromatic N) is 1. The number of benzene rings is 4. The molecule has 0 aliphatic heterocycles. The van der Waals surface area contributed by atoms with E-state index >= 15 is 0 Å². The van der Waals surface area contributed by atoms with Crippen LogP contribution in [0.4, 0.5) is 5.69 Å². The zero-order chi connectivity index (χ0) is 30.8. The Kier molecular flexibility index (Phi) is 9.30. The maximum absolute atomic E-state index is 14.9. The lowest BCUT2D eigenvalue weighted by Gasteiger charge is -2.40. The van der Waals surface area contributed by atoms with E-state index in [1.165, 1.54) is 0 Å². The van der Waals surface area contributed by atoms with E-state index in [2.05, 4.69) is 0 Å². The second kappa shape index (κ2) is 12.4. The van der Waals surface area contributed by atoms with Gasteiger partial charge in [0.05, 0.1) is 10.5 Å². The van der Waals surface area contributed by atoms with Crippen LogP contribution >= 0.6 is 10.3 Å². The van der Waals surface area contributed by atoms with E-state index in [4.69, 9.17) is 3.63 Å². The summed E-state index contributed by atoms with van der Waals surface area (Å²) in [5.74, 6) is -0.859. The quantitative estimate of drug-likeness (QED) is 0.133. The van der Waals surface area contributed by atoms with Crippen molar-refractivity contribution in [3.63, 3.8) is 0 Å². The third-order valence-electron chi connectivity index (χ3n) is 7.30. The summed E-state index contributed by atoms with van der Waals surface area (Å²) in [5.41, 5.74) is 2.11. The Morgan fingerprint density at radius 1 is 0.667 bits per heavy atom. The molecule has 0 aliphatic rings. The number of nitro groups is 1. The summed E-state index contributed by atoms with van der Waals surface area (Å²) in [7, 11) is -7.45. The number of hydrogen-bond acceptors (Lipinski definition) is 5. The lowest BCUT2D eigenvalue weighted by atomic mass is 9.87. The van der Waals surface area contributed by atoms with Gasteiger partial charge in [-0.15, -0.1) is 0 Å². The van der Waals surface area contributed by atoms with Crippen LogP contribution in [-0.2, 0) is 13.7 Å². The Labute approximate surface area is 251 Å². The minimum Gasteiger partial charge on any atom is -0.258 e. The highest BCUT2D eigenvalue weighted by Crippen LogP contribution is 2.70. The fraction of sp³-hybridized carbons (Fsp3) is 0.294. The van der Waals surface area contributed by atoms with Crippen LogP contribution < -0.4 is 0 Å². The number of nitro benzene ring substituents is 1. The van der Waals surface area contributed by atoms with E-state index in [0.29, 0.717) is 25.8 Å². The minimum absolute atomic E-state index is 0.0977. The molecule has 0 radical (unpaired) electrons. The van der Waals surface area contributed by atoms with E-state index in [9.17, 15) is 18.5 Å². The first-order valence-electron chi connectivity index (χ1n) is 14.1. The van der Waals surface area contributed by atoms with Gasteiger partial charge in [-0.3, -0.25) is 10.1 Å². The van der Waals surface area contributed by atoms with E-state index < -0.39 is 31.3 Å². The zero-order valence-corrected chi connectivity index (χ0v) is 26.8. The van der Waals surface area contributed by atoms with Crippen molar-refractivity contribution in [3.8, 4) is 0 Å². The molecule has 0 N–H and O–H groups in total. The Hall–Kier alpha value is -3.46. The van der Waals surface area contributed by atoms with Crippen molar-refractivity contribution in [2.24, 2.45) is 0 Å². The average Bonchev–Trinajstić information content (AvgIpc) is 2.96. The van der Waals surface area contributed by atoms with Gasteiger partial charge in [0.1, 0.15) is 4.90 Å². The number of aryl methyl sites for hydroxylation is 1. The molecule has 0 unspecified atom stereocenters. The van der Waals surface area contributed by atoms with Crippen molar-refractivity contribution in [2.45, 2.75) is 85.8 Å². The summed E-state index contributed by atoms with van der Waals surface area (Å²) in [6.45, 7) is 13.2. The Morgan fingerprint density at radius 3 is 1.52 bits per heavy atom. The predicted molar refractivity (Wildman–Crippen MR) is 170 cm³/mol. The molecule has 0 fully saturated rings. The third kappa shape index (κ3) is 5.89. The Balaban J connectivity index is 2.15. The molecule has 0 amide bonds. The molecule has 8 heteroatoms. The first-order valence-corrected chi connectivity index (χ1v) is 17.1. The second-order valence-corrected chi connectivity index (χ2v) is 15.8. The van der Waals surface area contributed by atoms with Gasteiger partial charge in [-0.25, -0.2) is 3.63 Å². The fourth-order valence-electron chi connectivity index (χ4n) is 5.26. The van der Waals surface area contributed by atoms with E-state index in [1.807, 2.05) is 120 Å². The van der Waals surface area contributed by atoms with Gasteiger partial charge >= 0.3 is 10.1 Å². The van der Waals surface area contributed by atoms with Crippen molar-refractivity contribution < 1.29 is 17.0 Å². The van der Waals surface area contributed by atoms with Gasteiger partial charge in [0.15, 0.2) is 0 Å². The number of rotatable bonds is 10. The highest BCUT2D eigenvalue weighted by molar-refractivity contribution is 8.33. The zero-order valence-electron chi connectivity index (χ0n) is 25.2. The monoisotopic (exact) mass is 605 g/mol. The summed E-state index contributed by atoms with van der Waals surface area (Å²) < 4.78 is 36.5. The molecule has 0 heterocycles. The third-order valence-corrected chi connectivity index (χ3v) is 12.6. The normalized spacial score (nSPS) is 12.7. The van der Waals surface area contributed by atoms with Gasteiger partial charge in [0.25, 0.3) is 5.69 Å². The molecule has 0 atom stereocenters. The van der Waals surface area contributed by atoms with E-state index in [-0.39, 0.29) is 28.0 Å². The summed E-state index contributed by atoms with van der Waals surface area (Å²) in [6, 6.07) is 28.2. The van der Waals surface area contributed by atoms with E-state index in [1.54, 1.807) is 19.9 Å². The van der Waals surface area contributed by atoms with Crippen LogP contribution in [0.3, 0.4) is 0 Å². The topological polar surface area (TPSA) is 86.5 Å². The number of hydrogen-bond donors (Lipinski definition) is 0. The van der Waals surface area contributed by atoms with Gasteiger partial charge in [-0.05, 0) is 83.0 Å². The molecule has 0 aliphatic carbocycles. The summed E-state index contributed by atoms with van der Waals surface area (Å²) in [5, 5.41) is 12.6. The Bertz CT molecular complexity index is 1630. The largest absolute Gasteiger partial charge is 0.307 e. The van der Waals surface area contributed by atoms with Crippen LogP contribution in [0, 0.1) is 17.0 Å². The molecule has 6 nitrogen and oxygen atoms in total. The molecule has 4 rings (SSSR count). The molecular weight excluding hydrogens is 567 g/mol. The molecule has 0 spiro atoms. The molecule has 0 saturated heterocycles. The maximum atomic E-state index is 14.9. The van der Waals surface area contributed by atoms with Crippen molar-refractivity contribution in [1.82, 2.24) is 0 Å². The van der Waals surface area contributed by atoms with Crippen LogP contribution in [-0.4, -0.2) is 13.3 Å². The predicted octanol–water partition coefficient (Wildman–Crippen LogP) is 9.88. The van der Waals surface area contributed by atoms with Crippen LogP contribution in [0.2, 0.25) is 0 Å². The maximum Gasteiger partial charge on any atom is 0.307 e. The average molecular weight is 606 g/mol. The van der Waals surface area contributed by atoms with Crippen molar-refractivity contribution in [3.05, 3.63) is 123 Å². The first-order chi connectivity index (χ1) is 19.8. The fourth-order valence-corrected chi connectivity index (χ4v) is 11.1. The minimum atomic E-state index is -4.59. The molecule has 0 bridgehead atoms. The lowest BCUT2D eigenvalue weighted by molar-refractivity contribution is -0.386. The molecule has 222 valence electrons. The van der Waals surface area contributed by atoms with Crippen LogP contribution in [0.5, 0.6) is 0 Å². The SMILES string of the molecule is Cc1ccc(S(OS(=O)(=O)c2c(C(C)C)cc(C(C)C)c([N+](=O)[O-])c2C(C)C)(c2ccccc2)c2ccccc2)cc1. The molecule has 4 aromatic rings. The molecule has 0 saturated carbocycles. The van der Waals surface area contributed by atoms with Gasteiger partial charge in [-0.2, -0.15) is 8.42 Å². The van der Waals surface area contributed by atoms with E-state index in [0.717, 1.165) is 5.56 Å². The lowest BCUT2D eigenvalue weighted by Crippen LogP contribution is -2.20. The van der Waals surface area contributed by atoms with Gasteiger partial charge in [0, 0.05) is 20.2 Å². The van der Waals surface area contributed by atoms with Crippen LogP contribution in [0.1, 0.15) is 81.5 Å².